The minimum absolute atomic E-state index is 0.442. The number of benzene rings is 1. The maximum Gasteiger partial charge on any atom is 0.212 e. The molecule has 0 bridgehead atoms. The van der Waals surface area contributed by atoms with Crippen LogP contribution in [-0.2, 0) is 22.9 Å². The predicted molar refractivity (Wildman–Crippen MR) is 67.2 cm³/mol. The number of nitrogens with two attached hydrogens (primary N) is 1. The summed E-state index contributed by atoms with van der Waals surface area (Å²) in [6.45, 7) is 0. The summed E-state index contributed by atoms with van der Waals surface area (Å²) in [6, 6.07) is 8.06. The molecule has 1 heterocycles. The fourth-order valence-electron chi connectivity index (χ4n) is 2.63. The molecule has 0 radical (unpaired) electrons. The molecular weight excluding hydrogens is 236 g/mol. The van der Waals surface area contributed by atoms with Crippen LogP contribution in [0.4, 0.5) is 0 Å². The second-order valence-corrected chi connectivity index (χ2v) is 6.43. The molecule has 2 aromatic rings. The molecule has 0 spiro atoms. The summed E-state index contributed by atoms with van der Waals surface area (Å²) in [7, 11) is -3.43. The smallest absolute Gasteiger partial charge is 0.212 e. The van der Waals surface area contributed by atoms with E-state index in [-0.39, 0.29) is 0 Å². The minimum atomic E-state index is -3.43. The monoisotopic (exact) mass is 250 g/mol. The van der Waals surface area contributed by atoms with E-state index >= 15 is 0 Å². The highest BCUT2D eigenvalue weighted by Crippen LogP contribution is 2.30. The van der Waals surface area contributed by atoms with Crippen LogP contribution in [0.1, 0.15) is 17.7 Å². The van der Waals surface area contributed by atoms with Crippen LogP contribution in [0.15, 0.2) is 24.3 Å². The highest BCUT2D eigenvalue weighted by atomic mass is 32.2. The number of aryl methyl sites for hydroxylation is 1. The Kier molecular flexibility index (Phi) is 2.27. The summed E-state index contributed by atoms with van der Waals surface area (Å²) in [5.41, 5.74) is 3.35. The number of aromatic amines is 1. The fraction of sp³-hybridized carbons (Fsp3) is 0.333. The molecule has 90 valence electrons. The van der Waals surface area contributed by atoms with Gasteiger partial charge in [-0.2, -0.15) is 0 Å². The number of aromatic nitrogens is 1. The molecule has 1 aromatic heterocycles. The van der Waals surface area contributed by atoms with Crippen LogP contribution in [0, 0.1) is 0 Å². The third-order valence-corrected chi connectivity index (χ3v) is 4.85. The quantitative estimate of drug-likeness (QED) is 0.800. The molecular formula is C12H14N2O2S. The van der Waals surface area contributed by atoms with E-state index in [0.717, 1.165) is 17.6 Å². The number of hydrogen-bond acceptors (Lipinski definition) is 2. The lowest BCUT2D eigenvalue weighted by Crippen LogP contribution is -2.33. The molecule has 17 heavy (non-hydrogen) atoms. The van der Waals surface area contributed by atoms with Crippen molar-refractivity contribution in [3.05, 3.63) is 35.5 Å². The summed E-state index contributed by atoms with van der Waals surface area (Å²) < 4.78 is 22.8. The lowest BCUT2D eigenvalue weighted by molar-refractivity contribution is 0.562. The largest absolute Gasteiger partial charge is 0.358 e. The molecule has 0 saturated heterocycles. The van der Waals surface area contributed by atoms with E-state index in [2.05, 4.69) is 11.1 Å². The Balaban J connectivity index is 2.09. The van der Waals surface area contributed by atoms with Crippen LogP contribution in [0.25, 0.3) is 10.9 Å². The zero-order valence-corrected chi connectivity index (χ0v) is 10.1. The third-order valence-electron chi connectivity index (χ3n) is 3.51. The standard InChI is InChI=1S/C12H14N2O2S/c13-17(15,16)8-5-6-10-9-3-1-2-4-11(9)14-12(10)7-8/h1-4,8,14H,5-7H2,(H2,13,15,16). The normalized spacial score (nSPS) is 20.4. The lowest BCUT2D eigenvalue weighted by atomic mass is 9.95. The van der Waals surface area contributed by atoms with Gasteiger partial charge >= 0.3 is 0 Å². The molecule has 1 atom stereocenters. The topological polar surface area (TPSA) is 76.0 Å². The van der Waals surface area contributed by atoms with Crippen LogP contribution in [-0.4, -0.2) is 18.7 Å². The van der Waals surface area contributed by atoms with E-state index < -0.39 is 15.3 Å². The Morgan fingerprint density at radius 2 is 2.06 bits per heavy atom. The maximum atomic E-state index is 11.4. The van der Waals surface area contributed by atoms with Crippen LogP contribution < -0.4 is 5.14 Å². The first kappa shape index (κ1) is 10.8. The highest BCUT2D eigenvalue weighted by molar-refractivity contribution is 7.89. The van der Waals surface area contributed by atoms with Crippen molar-refractivity contribution in [1.82, 2.24) is 4.98 Å². The molecule has 4 nitrogen and oxygen atoms in total. The molecule has 0 aliphatic heterocycles. The molecule has 5 heteroatoms. The van der Waals surface area contributed by atoms with Gasteiger partial charge in [0.15, 0.2) is 0 Å². The van der Waals surface area contributed by atoms with Crippen molar-refractivity contribution in [2.75, 3.05) is 0 Å². The van der Waals surface area contributed by atoms with Gasteiger partial charge in [0.05, 0.1) is 5.25 Å². The van der Waals surface area contributed by atoms with Gasteiger partial charge in [0, 0.05) is 23.0 Å². The van der Waals surface area contributed by atoms with Crippen molar-refractivity contribution in [2.45, 2.75) is 24.5 Å². The summed E-state index contributed by atoms with van der Waals surface area (Å²) in [6.07, 6.45) is 1.90. The summed E-state index contributed by atoms with van der Waals surface area (Å²) in [5, 5.41) is 5.98. The molecule has 3 N–H and O–H groups in total. The van der Waals surface area contributed by atoms with Crippen LogP contribution >= 0.6 is 0 Å². The number of rotatable bonds is 1. The molecule has 0 fully saturated rings. The Morgan fingerprint density at radius 3 is 2.82 bits per heavy atom. The van der Waals surface area contributed by atoms with Gasteiger partial charge in [-0.05, 0) is 24.5 Å². The average Bonchev–Trinajstić information content (AvgIpc) is 2.65. The van der Waals surface area contributed by atoms with Gasteiger partial charge < -0.3 is 4.98 Å². The summed E-state index contributed by atoms with van der Waals surface area (Å²) >= 11 is 0. The third kappa shape index (κ3) is 1.75. The van der Waals surface area contributed by atoms with E-state index in [1.807, 2.05) is 18.2 Å². The SMILES string of the molecule is NS(=O)(=O)C1CCc2c([nH]c3ccccc23)C1. The molecule has 3 rings (SSSR count). The molecule has 1 aliphatic carbocycles. The summed E-state index contributed by atoms with van der Waals surface area (Å²) in [4.78, 5) is 3.30. The Morgan fingerprint density at radius 1 is 1.29 bits per heavy atom. The second kappa shape index (κ2) is 3.58. The Hall–Kier alpha value is -1.33. The number of hydrogen-bond donors (Lipinski definition) is 2. The van der Waals surface area contributed by atoms with Crippen LogP contribution in [0.3, 0.4) is 0 Å². The van der Waals surface area contributed by atoms with Gasteiger partial charge in [0.1, 0.15) is 0 Å². The maximum absolute atomic E-state index is 11.4. The average molecular weight is 250 g/mol. The predicted octanol–water partition coefficient (Wildman–Crippen LogP) is 1.31. The summed E-state index contributed by atoms with van der Waals surface area (Å²) in [5.74, 6) is 0. The van der Waals surface area contributed by atoms with Crippen LogP contribution in [0.5, 0.6) is 0 Å². The van der Waals surface area contributed by atoms with Gasteiger partial charge in [-0.15, -0.1) is 0 Å². The van der Waals surface area contributed by atoms with E-state index in [1.165, 1.54) is 10.9 Å². The molecule has 1 aromatic carbocycles. The van der Waals surface area contributed by atoms with Gasteiger partial charge in [0.25, 0.3) is 0 Å². The zero-order valence-electron chi connectivity index (χ0n) is 9.31. The van der Waals surface area contributed by atoms with E-state index in [1.54, 1.807) is 0 Å². The Labute approximate surface area is 99.9 Å². The van der Waals surface area contributed by atoms with E-state index in [9.17, 15) is 8.42 Å². The van der Waals surface area contributed by atoms with Crippen molar-refractivity contribution >= 4 is 20.9 Å². The Bertz CT molecular complexity index is 673. The molecule has 1 aliphatic rings. The first-order chi connectivity index (χ1) is 8.05. The van der Waals surface area contributed by atoms with Gasteiger partial charge in [-0.3, -0.25) is 0 Å². The van der Waals surface area contributed by atoms with Gasteiger partial charge in [-0.25, -0.2) is 13.6 Å². The van der Waals surface area contributed by atoms with Crippen molar-refractivity contribution < 1.29 is 8.42 Å². The number of sulfonamides is 1. The highest BCUT2D eigenvalue weighted by Gasteiger charge is 2.28. The zero-order chi connectivity index (χ0) is 12.0. The van der Waals surface area contributed by atoms with Crippen molar-refractivity contribution in [2.24, 2.45) is 5.14 Å². The lowest BCUT2D eigenvalue weighted by Gasteiger charge is -2.20. The molecule has 0 amide bonds. The van der Waals surface area contributed by atoms with E-state index in [4.69, 9.17) is 5.14 Å². The minimum Gasteiger partial charge on any atom is -0.358 e. The van der Waals surface area contributed by atoms with Crippen LogP contribution in [0.2, 0.25) is 0 Å². The van der Waals surface area contributed by atoms with Gasteiger partial charge in [0.2, 0.25) is 10.0 Å². The van der Waals surface area contributed by atoms with Gasteiger partial charge in [-0.1, -0.05) is 18.2 Å². The van der Waals surface area contributed by atoms with Crippen molar-refractivity contribution in [1.29, 1.82) is 0 Å². The number of para-hydroxylation sites is 1. The van der Waals surface area contributed by atoms with E-state index in [0.29, 0.717) is 12.8 Å². The first-order valence-corrected chi connectivity index (χ1v) is 7.27. The number of nitrogens with one attached hydrogen (secondary N) is 1. The number of H-pyrrole nitrogens is 1. The first-order valence-electron chi connectivity index (χ1n) is 5.66. The fourth-order valence-corrected chi connectivity index (χ4v) is 3.48. The second-order valence-electron chi connectivity index (χ2n) is 4.58. The van der Waals surface area contributed by atoms with Crippen molar-refractivity contribution in [3.8, 4) is 0 Å². The molecule has 1 unspecified atom stereocenters. The molecule has 0 saturated carbocycles. The van der Waals surface area contributed by atoms with Crippen molar-refractivity contribution in [3.63, 3.8) is 0 Å². The number of primary sulfonamides is 1. The number of fused-ring (bicyclic) bond motifs is 3.